The summed E-state index contributed by atoms with van der Waals surface area (Å²) in [5.41, 5.74) is 0.0729. The highest BCUT2D eigenvalue weighted by Crippen LogP contribution is 2.46. The molecule has 1 rings (SSSR count). The number of rotatable bonds is 0. The zero-order chi connectivity index (χ0) is 10.3. The third-order valence-corrected chi connectivity index (χ3v) is 2.91. The molecule has 1 aliphatic rings. The molecule has 78 valence electrons. The lowest BCUT2D eigenvalue weighted by molar-refractivity contribution is -0.162. The fourth-order valence-corrected chi connectivity index (χ4v) is 2.57. The van der Waals surface area contributed by atoms with Gasteiger partial charge in [-0.2, -0.15) is 0 Å². The quantitative estimate of drug-likeness (QED) is 0.625. The van der Waals surface area contributed by atoms with Crippen LogP contribution in [0.25, 0.3) is 0 Å². The molecule has 13 heavy (non-hydrogen) atoms. The lowest BCUT2D eigenvalue weighted by Gasteiger charge is -2.50. The van der Waals surface area contributed by atoms with Crippen LogP contribution in [-0.2, 0) is 4.74 Å². The molecule has 1 saturated heterocycles. The summed E-state index contributed by atoms with van der Waals surface area (Å²) in [4.78, 5) is 0. The Labute approximate surface area is 82.0 Å². The Kier molecular flexibility index (Phi) is 2.50. The van der Waals surface area contributed by atoms with E-state index < -0.39 is 0 Å². The monoisotopic (exact) mass is 185 g/mol. The van der Waals surface area contributed by atoms with E-state index >= 15 is 0 Å². The first-order chi connectivity index (χ1) is 5.71. The van der Waals surface area contributed by atoms with Gasteiger partial charge in [0.2, 0.25) is 0 Å². The molecule has 1 N–H and O–H groups in total. The maximum atomic E-state index is 5.96. The summed E-state index contributed by atoms with van der Waals surface area (Å²) in [6.07, 6.45) is 0. The highest BCUT2D eigenvalue weighted by atomic mass is 16.5. The Morgan fingerprint density at radius 3 is 1.62 bits per heavy atom. The third-order valence-electron chi connectivity index (χ3n) is 2.91. The second-order valence-corrected chi connectivity index (χ2v) is 5.96. The van der Waals surface area contributed by atoms with Crippen molar-refractivity contribution in [1.29, 1.82) is 0 Å². The molecule has 0 unspecified atom stereocenters. The van der Waals surface area contributed by atoms with Gasteiger partial charge in [0.05, 0.1) is 6.61 Å². The molecule has 0 aliphatic carbocycles. The van der Waals surface area contributed by atoms with E-state index in [1.54, 1.807) is 0 Å². The van der Waals surface area contributed by atoms with Gasteiger partial charge in [0, 0.05) is 17.4 Å². The number of ether oxygens (including phenoxy) is 1. The van der Waals surface area contributed by atoms with Crippen molar-refractivity contribution in [3.63, 3.8) is 0 Å². The average molecular weight is 185 g/mol. The van der Waals surface area contributed by atoms with Crippen LogP contribution in [0.3, 0.4) is 0 Å². The molecule has 2 nitrogen and oxygen atoms in total. The molecule has 0 saturated carbocycles. The standard InChI is InChI=1S/C11H23NO/c1-9(2,3)11(10(4,5)6)12-7-8-13-11/h12H,7-8H2,1-6H3. The fourth-order valence-electron chi connectivity index (χ4n) is 2.57. The minimum atomic E-state index is -0.181. The topological polar surface area (TPSA) is 21.3 Å². The molecule has 0 amide bonds. The Bertz CT molecular complexity index is 163. The van der Waals surface area contributed by atoms with Gasteiger partial charge in [-0.3, -0.25) is 5.32 Å². The first kappa shape index (κ1) is 11.0. The molecule has 1 aliphatic heterocycles. The van der Waals surface area contributed by atoms with Crippen molar-refractivity contribution in [2.24, 2.45) is 10.8 Å². The zero-order valence-electron chi connectivity index (χ0n) is 9.82. The van der Waals surface area contributed by atoms with Crippen LogP contribution < -0.4 is 5.32 Å². The first-order valence-electron chi connectivity index (χ1n) is 5.10. The molecule has 2 heteroatoms. The molecule has 1 heterocycles. The summed E-state index contributed by atoms with van der Waals surface area (Å²) in [5, 5.41) is 3.53. The third kappa shape index (κ3) is 1.62. The lowest BCUT2D eigenvalue weighted by Crippen LogP contribution is -2.60. The van der Waals surface area contributed by atoms with Gasteiger partial charge >= 0.3 is 0 Å². The molecule has 0 aromatic heterocycles. The van der Waals surface area contributed by atoms with E-state index in [0.717, 1.165) is 13.2 Å². The Balaban J connectivity index is 3.02. The molecule has 1 fully saturated rings. The predicted octanol–water partition coefficient (Wildman–Crippen LogP) is 2.39. The maximum absolute atomic E-state index is 5.96. The minimum Gasteiger partial charge on any atom is -0.358 e. The second-order valence-electron chi connectivity index (χ2n) is 5.96. The molecule has 0 spiro atoms. The van der Waals surface area contributed by atoms with Gasteiger partial charge in [-0.05, 0) is 0 Å². The van der Waals surface area contributed by atoms with Crippen LogP contribution in [0.5, 0.6) is 0 Å². The predicted molar refractivity (Wildman–Crippen MR) is 55.6 cm³/mol. The van der Waals surface area contributed by atoms with E-state index in [2.05, 4.69) is 46.9 Å². The summed E-state index contributed by atoms with van der Waals surface area (Å²) in [6.45, 7) is 15.2. The van der Waals surface area contributed by atoms with Gasteiger partial charge < -0.3 is 4.74 Å². The van der Waals surface area contributed by atoms with E-state index in [-0.39, 0.29) is 16.6 Å². The van der Waals surface area contributed by atoms with Crippen LogP contribution >= 0.6 is 0 Å². The van der Waals surface area contributed by atoms with Crippen LogP contribution in [0.2, 0.25) is 0 Å². The van der Waals surface area contributed by atoms with Gasteiger partial charge in [0.25, 0.3) is 0 Å². The first-order valence-corrected chi connectivity index (χ1v) is 5.10. The van der Waals surface area contributed by atoms with E-state index in [1.807, 2.05) is 0 Å². The van der Waals surface area contributed by atoms with Gasteiger partial charge in [-0.15, -0.1) is 0 Å². The average Bonchev–Trinajstić information content (AvgIpc) is 2.28. The Hall–Kier alpha value is -0.0800. The highest BCUT2D eigenvalue weighted by molar-refractivity contribution is 5.01. The van der Waals surface area contributed by atoms with E-state index in [4.69, 9.17) is 4.74 Å². The fraction of sp³-hybridized carbons (Fsp3) is 1.00. The molecule has 0 radical (unpaired) electrons. The second kappa shape index (κ2) is 2.96. The highest BCUT2D eigenvalue weighted by Gasteiger charge is 2.53. The summed E-state index contributed by atoms with van der Waals surface area (Å²) in [5.74, 6) is 0. The largest absolute Gasteiger partial charge is 0.358 e. The van der Waals surface area contributed by atoms with Crippen molar-refractivity contribution in [3.8, 4) is 0 Å². The van der Waals surface area contributed by atoms with Crippen LogP contribution in [0.1, 0.15) is 41.5 Å². The molecular weight excluding hydrogens is 162 g/mol. The molecule has 0 bridgehead atoms. The minimum absolute atomic E-state index is 0.127. The maximum Gasteiger partial charge on any atom is 0.129 e. The molecule has 0 aromatic carbocycles. The van der Waals surface area contributed by atoms with Crippen molar-refractivity contribution in [3.05, 3.63) is 0 Å². The van der Waals surface area contributed by atoms with Gasteiger partial charge in [-0.1, -0.05) is 41.5 Å². The molecular formula is C11H23NO. The van der Waals surface area contributed by atoms with Gasteiger partial charge in [0.1, 0.15) is 5.72 Å². The van der Waals surface area contributed by atoms with Crippen LogP contribution in [0.4, 0.5) is 0 Å². The molecule has 0 atom stereocenters. The lowest BCUT2D eigenvalue weighted by atomic mass is 9.68. The smallest absolute Gasteiger partial charge is 0.129 e. The van der Waals surface area contributed by atoms with Crippen molar-refractivity contribution in [1.82, 2.24) is 5.32 Å². The van der Waals surface area contributed by atoms with Crippen LogP contribution in [-0.4, -0.2) is 18.9 Å². The SMILES string of the molecule is CC(C)(C)C1(C(C)(C)C)NCCO1. The number of nitrogens with one attached hydrogen (secondary N) is 1. The summed E-state index contributed by atoms with van der Waals surface area (Å²) < 4.78 is 5.96. The van der Waals surface area contributed by atoms with E-state index in [0.29, 0.717) is 0 Å². The number of hydrogen-bond acceptors (Lipinski definition) is 2. The Morgan fingerprint density at radius 2 is 1.46 bits per heavy atom. The van der Waals surface area contributed by atoms with E-state index in [1.165, 1.54) is 0 Å². The van der Waals surface area contributed by atoms with Crippen LogP contribution in [0, 0.1) is 10.8 Å². The number of hydrogen-bond donors (Lipinski definition) is 1. The van der Waals surface area contributed by atoms with Crippen molar-refractivity contribution in [2.75, 3.05) is 13.2 Å². The van der Waals surface area contributed by atoms with Crippen LogP contribution in [0.15, 0.2) is 0 Å². The van der Waals surface area contributed by atoms with Gasteiger partial charge in [-0.25, -0.2) is 0 Å². The molecule has 0 aromatic rings. The Morgan fingerprint density at radius 1 is 1.00 bits per heavy atom. The van der Waals surface area contributed by atoms with E-state index in [9.17, 15) is 0 Å². The summed E-state index contributed by atoms with van der Waals surface area (Å²) >= 11 is 0. The summed E-state index contributed by atoms with van der Waals surface area (Å²) in [6, 6.07) is 0. The summed E-state index contributed by atoms with van der Waals surface area (Å²) in [7, 11) is 0. The zero-order valence-corrected chi connectivity index (χ0v) is 9.82. The van der Waals surface area contributed by atoms with Crippen molar-refractivity contribution in [2.45, 2.75) is 47.3 Å². The van der Waals surface area contributed by atoms with Crippen molar-refractivity contribution >= 4 is 0 Å². The normalized spacial score (nSPS) is 23.5. The van der Waals surface area contributed by atoms with Crippen molar-refractivity contribution < 1.29 is 4.74 Å². The van der Waals surface area contributed by atoms with Gasteiger partial charge in [0.15, 0.2) is 0 Å².